The van der Waals surface area contributed by atoms with Crippen LogP contribution in [-0.4, -0.2) is 134 Å². The van der Waals surface area contributed by atoms with Gasteiger partial charge >= 0.3 is 50.4 Å². The zero-order valence-electron chi connectivity index (χ0n) is 42.6. The van der Waals surface area contributed by atoms with Gasteiger partial charge in [-0.25, -0.2) is 9.36 Å². The average molecular weight is 1140 g/mol. The molecule has 0 atom stereocenters. The van der Waals surface area contributed by atoms with E-state index in [2.05, 4.69) is 62.5 Å². The standard InChI is InChI=1S/C30H38B2N8O8.C13H16BNO3.C4H6N6O2.Cu/c41-28(35-24-9-5-7-22(15-24)31(45)46)13-3-1-11-26-17-33-37-39(26)19-21(30(43)44)20-40-27(18-34-38-40)12-2-4-14-29(42)36-25-10-6-8-23(16-25)32(47)48;1-2-3-4-5-9-13(16)15-12-8-6-7-11(10-12)14(17)18;5-9-7-1-3(4(11)12)2-8-10-6;/h5-10,15-18,21,45-48H,1-4,11-14,19-20H2,(H,35,41)(H,36,42)(H,43,44);1,6-8,10,17-18H,3-5,9H2,(H,15,16);3H,1-2H2,(H,11,12);/q;;;+1. The maximum atomic E-state index is 12.4. The van der Waals surface area contributed by atoms with Gasteiger partial charge in [-0.3, -0.25) is 24.0 Å². The second-order valence-corrected chi connectivity index (χ2v) is 17.2. The van der Waals surface area contributed by atoms with Crippen molar-refractivity contribution in [3.05, 3.63) is 117 Å². The van der Waals surface area contributed by atoms with Gasteiger partial charge in [0, 0.05) is 65.7 Å². The van der Waals surface area contributed by atoms with E-state index in [0.717, 1.165) is 24.2 Å². The number of amides is 3. The Hall–Kier alpha value is -8.06. The molecule has 0 fully saturated rings. The Bertz CT molecular complexity index is 2730. The van der Waals surface area contributed by atoms with Crippen LogP contribution in [0.3, 0.4) is 0 Å². The third kappa shape index (κ3) is 26.7. The van der Waals surface area contributed by atoms with E-state index < -0.39 is 45.1 Å². The van der Waals surface area contributed by atoms with Crippen LogP contribution in [0.15, 0.2) is 95.4 Å². The molecule has 28 nitrogen and oxygen atoms in total. The van der Waals surface area contributed by atoms with Gasteiger partial charge in [0.1, 0.15) is 0 Å². The molecular weight excluding hydrogens is 1080 g/mol. The topological polar surface area (TPSA) is 442 Å². The largest absolute Gasteiger partial charge is 1.00 e. The van der Waals surface area contributed by atoms with Crippen molar-refractivity contribution in [1.82, 2.24) is 30.0 Å². The molecule has 5 aromatic rings. The zero-order chi connectivity index (χ0) is 57.2. The number of anilines is 3. The summed E-state index contributed by atoms with van der Waals surface area (Å²) >= 11 is 0. The van der Waals surface area contributed by atoms with Gasteiger partial charge in [-0.2, -0.15) is 0 Å². The predicted octanol–water partition coefficient (Wildman–Crippen LogP) is 1.14. The number of terminal acetylenes is 1. The number of aliphatic carboxylic acids is 2. The first-order chi connectivity index (χ1) is 37.4. The Balaban J connectivity index is 0.000000561. The van der Waals surface area contributed by atoms with E-state index in [1.165, 1.54) is 18.2 Å². The number of aryl methyl sites for hydroxylation is 2. The maximum Gasteiger partial charge on any atom is 1.00 e. The third-order valence-electron chi connectivity index (χ3n) is 11.2. The van der Waals surface area contributed by atoms with Crippen molar-refractivity contribution in [2.45, 2.75) is 90.1 Å². The second-order valence-electron chi connectivity index (χ2n) is 17.2. The van der Waals surface area contributed by atoms with Gasteiger partial charge in [0.05, 0.1) is 48.7 Å². The summed E-state index contributed by atoms with van der Waals surface area (Å²) in [5, 5.41) is 104. The molecule has 32 heteroatoms. The van der Waals surface area contributed by atoms with Crippen molar-refractivity contribution in [3.8, 4) is 12.3 Å². The minimum absolute atomic E-state index is 0. The molecule has 79 heavy (non-hydrogen) atoms. The molecule has 5 rings (SSSR count). The fraction of sp³-hybridized carbons (Fsp3) is 0.383. The van der Waals surface area contributed by atoms with E-state index in [-0.39, 0.29) is 84.7 Å². The Morgan fingerprint density at radius 1 is 0.582 bits per heavy atom. The molecule has 11 N–H and O–H groups in total. The molecule has 420 valence electrons. The maximum absolute atomic E-state index is 12.4. The van der Waals surface area contributed by atoms with Gasteiger partial charge in [-0.1, -0.05) is 57.1 Å². The van der Waals surface area contributed by atoms with Crippen LogP contribution >= 0.6 is 0 Å². The molecule has 0 aliphatic heterocycles. The smallest absolute Gasteiger partial charge is 0.481 e. The number of carboxylic acids is 2. The van der Waals surface area contributed by atoms with Crippen LogP contribution in [0.2, 0.25) is 0 Å². The van der Waals surface area contributed by atoms with Gasteiger partial charge in [-0.15, -0.1) is 22.5 Å². The fourth-order valence-electron chi connectivity index (χ4n) is 7.07. The van der Waals surface area contributed by atoms with E-state index in [4.69, 9.17) is 32.6 Å². The number of hydrogen-bond acceptors (Lipinski definition) is 17. The molecule has 0 saturated heterocycles. The predicted molar refractivity (Wildman–Crippen MR) is 287 cm³/mol. The molecule has 0 aliphatic carbocycles. The van der Waals surface area contributed by atoms with Crippen LogP contribution in [-0.2, 0) is 67.0 Å². The molecule has 3 amide bonds. The van der Waals surface area contributed by atoms with Crippen molar-refractivity contribution < 1.29 is 81.4 Å². The zero-order valence-corrected chi connectivity index (χ0v) is 43.6. The van der Waals surface area contributed by atoms with Crippen LogP contribution in [0.25, 0.3) is 20.9 Å². The summed E-state index contributed by atoms with van der Waals surface area (Å²) < 4.78 is 3.10. The Morgan fingerprint density at radius 2 is 0.937 bits per heavy atom. The van der Waals surface area contributed by atoms with Crippen LogP contribution < -0.4 is 32.3 Å². The van der Waals surface area contributed by atoms with Gasteiger partial charge in [-0.05, 0) is 115 Å². The van der Waals surface area contributed by atoms with E-state index in [9.17, 15) is 49.2 Å². The van der Waals surface area contributed by atoms with Crippen LogP contribution in [0.4, 0.5) is 17.1 Å². The van der Waals surface area contributed by atoms with Crippen molar-refractivity contribution in [2.24, 2.45) is 22.1 Å². The fourth-order valence-corrected chi connectivity index (χ4v) is 7.07. The number of nitrogens with zero attached hydrogens (tertiary/aromatic N) is 12. The van der Waals surface area contributed by atoms with Crippen molar-refractivity contribution in [3.63, 3.8) is 0 Å². The average Bonchev–Trinajstić information content (AvgIpc) is 4.07. The normalized spacial score (nSPS) is 10.5. The molecule has 0 aliphatic rings. The summed E-state index contributed by atoms with van der Waals surface area (Å²) in [4.78, 5) is 63.6. The summed E-state index contributed by atoms with van der Waals surface area (Å²) in [6, 6.07) is 19.1. The van der Waals surface area contributed by atoms with Crippen LogP contribution in [0, 0.1) is 24.2 Å². The first-order valence-electron chi connectivity index (χ1n) is 24.4. The van der Waals surface area contributed by atoms with Gasteiger partial charge in [0.15, 0.2) is 0 Å². The Morgan fingerprint density at radius 3 is 1.25 bits per heavy atom. The van der Waals surface area contributed by atoms with Gasteiger partial charge in [0.2, 0.25) is 17.7 Å². The van der Waals surface area contributed by atoms with E-state index in [0.29, 0.717) is 73.9 Å². The molecular formula is C47H60B3CuN15O13+. The Kier molecular flexibility index (Phi) is 32.0. The summed E-state index contributed by atoms with van der Waals surface area (Å²) in [5.74, 6) is -1.98. The van der Waals surface area contributed by atoms with Crippen LogP contribution in [0.1, 0.15) is 75.6 Å². The van der Waals surface area contributed by atoms with Crippen LogP contribution in [0.5, 0.6) is 0 Å². The first-order valence-corrected chi connectivity index (χ1v) is 24.4. The number of rotatable bonds is 30. The number of unbranched alkanes of at least 4 members (excludes halogenated alkanes) is 4. The molecule has 0 bridgehead atoms. The van der Waals surface area contributed by atoms with Crippen molar-refractivity contribution in [2.75, 3.05) is 29.0 Å². The number of hydrogen-bond donors (Lipinski definition) is 11. The van der Waals surface area contributed by atoms with Crippen molar-refractivity contribution >= 4 is 84.5 Å². The summed E-state index contributed by atoms with van der Waals surface area (Å²) in [7, 11) is -4.78. The van der Waals surface area contributed by atoms with E-state index >= 15 is 0 Å². The Labute approximate surface area is 465 Å². The number of carboxylic acid groups (broad SMARTS) is 2. The summed E-state index contributed by atoms with van der Waals surface area (Å²) in [6.07, 6.45) is 14.9. The number of carbonyl (C=O) groups is 5. The number of aromatic nitrogens is 6. The number of carbonyl (C=O) groups excluding carboxylic acids is 3. The SMILES string of the molecule is C#CCCCCC(=O)Nc1cccc(B(O)O)c1.O=C(CCCCc1cnnn1CC(Cn1nncc1CCCCC(=O)Nc1cccc(B(O)O)c1)C(=O)O)Nc1cccc(B(O)O)c1.[Cu+].[N-]=[N+]=NCC(CN=[N+]=[N-])C(=O)O. The molecule has 0 saturated carbocycles. The number of nitrogens with one attached hydrogen (secondary N) is 3. The molecule has 2 aromatic heterocycles. The minimum Gasteiger partial charge on any atom is -0.481 e. The second kappa shape index (κ2) is 37.7. The van der Waals surface area contributed by atoms with E-state index in [1.807, 2.05) is 0 Å². The molecule has 0 unspecified atom stereocenters. The van der Waals surface area contributed by atoms with Gasteiger partial charge in [0.25, 0.3) is 0 Å². The van der Waals surface area contributed by atoms with E-state index in [1.54, 1.807) is 76.4 Å². The monoisotopic (exact) mass is 1140 g/mol. The van der Waals surface area contributed by atoms with Gasteiger partial charge < -0.3 is 56.3 Å². The minimum atomic E-state index is -1.63. The molecule has 0 radical (unpaired) electrons. The summed E-state index contributed by atoms with van der Waals surface area (Å²) in [6.45, 7) is -0.284. The number of benzene rings is 3. The quantitative estimate of drug-likeness (QED) is 0.00767. The molecule has 0 spiro atoms. The molecule has 2 heterocycles. The number of azide groups is 2. The first kappa shape index (κ1) is 67.1. The van der Waals surface area contributed by atoms with Crippen molar-refractivity contribution in [1.29, 1.82) is 0 Å². The molecule has 3 aromatic carbocycles. The summed E-state index contributed by atoms with van der Waals surface area (Å²) in [5.41, 5.74) is 19.6. The third-order valence-corrected chi connectivity index (χ3v) is 11.2.